The summed E-state index contributed by atoms with van der Waals surface area (Å²) in [5.41, 5.74) is 6.46. The van der Waals surface area contributed by atoms with E-state index < -0.39 is 5.72 Å². The predicted octanol–water partition coefficient (Wildman–Crippen LogP) is 2.34. The maximum absolute atomic E-state index is 5.99. The van der Waals surface area contributed by atoms with Crippen molar-refractivity contribution < 1.29 is 4.74 Å². The summed E-state index contributed by atoms with van der Waals surface area (Å²) in [6, 6.07) is 5.78. The minimum Gasteiger partial charge on any atom is -0.471 e. The number of rotatable bonds is 0. The van der Waals surface area contributed by atoms with E-state index in [9.17, 15) is 0 Å². The van der Waals surface area contributed by atoms with Crippen molar-refractivity contribution >= 4 is 11.6 Å². The molecule has 2 nitrogen and oxygen atoms in total. The zero-order valence-electron chi connectivity index (χ0n) is 7.51. The minimum atomic E-state index is -0.571. The van der Waals surface area contributed by atoms with Gasteiger partial charge in [0.15, 0.2) is 5.72 Å². The summed E-state index contributed by atoms with van der Waals surface area (Å²) in [6.07, 6.45) is 1.77. The highest BCUT2D eigenvalue weighted by Crippen LogP contribution is 2.36. The smallest absolute Gasteiger partial charge is 0.156 e. The van der Waals surface area contributed by atoms with Crippen molar-refractivity contribution in [1.82, 2.24) is 0 Å². The highest BCUT2D eigenvalue weighted by atomic mass is 35.5. The number of halogens is 1. The molecule has 0 aromatic heterocycles. The number of hydrogen-bond acceptors (Lipinski definition) is 2. The molecule has 0 bridgehead atoms. The average molecular weight is 198 g/mol. The molecule has 0 spiro atoms. The lowest BCUT2D eigenvalue weighted by atomic mass is 10.00. The Hall–Kier alpha value is -0.730. The lowest BCUT2D eigenvalue weighted by Gasteiger charge is -2.32. The molecule has 1 aliphatic rings. The average Bonchev–Trinajstić information content (AvgIpc) is 2.06. The normalized spacial score (nSPS) is 26.4. The van der Waals surface area contributed by atoms with Gasteiger partial charge in [0, 0.05) is 6.42 Å². The van der Waals surface area contributed by atoms with E-state index in [1.165, 1.54) is 0 Å². The van der Waals surface area contributed by atoms with Crippen molar-refractivity contribution in [2.24, 2.45) is 5.73 Å². The second-order valence-corrected chi connectivity index (χ2v) is 4.05. The van der Waals surface area contributed by atoms with Crippen LogP contribution in [0.3, 0.4) is 0 Å². The van der Waals surface area contributed by atoms with Gasteiger partial charge in [-0.3, -0.25) is 5.73 Å². The van der Waals surface area contributed by atoms with Gasteiger partial charge in [-0.05, 0) is 25.0 Å². The van der Waals surface area contributed by atoms with Gasteiger partial charge in [-0.15, -0.1) is 0 Å². The minimum absolute atomic E-state index is 0.571. The number of para-hydroxylation sites is 1. The van der Waals surface area contributed by atoms with Gasteiger partial charge < -0.3 is 4.74 Å². The molecule has 13 heavy (non-hydrogen) atoms. The number of hydrogen-bond donors (Lipinski definition) is 1. The third-order valence-corrected chi connectivity index (χ3v) is 2.57. The van der Waals surface area contributed by atoms with Crippen LogP contribution in [0.1, 0.15) is 18.9 Å². The number of nitrogens with two attached hydrogens (primary N) is 1. The Labute approximate surface area is 82.6 Å². The molecule has 0 saturated heterocycles. The van der Waals surface area contributed by atoms with Gasteiger partial charge >= 0.3 is 0 Å². The first-order valence-electron chi connectivity index (χ1n) is 4.34. The van der Waals surface area contributed by atoms with Crippen LogP contribution in [-0.4, -0.2) is 5.72 Å². The van der Waals surface area contributed by atoms with E-state index in [2.05, 4.69) is 0 Å². The Morgan fingerprint density at radius 3 is 3.08 bits per heavy atom. The number of benzene rings is 1. The van der Waals surface area contributed by atoms with Crippen LogP contribution < -0.4 is 10.5 Å². The van der Waals surface area contributed by atoms with Crippen LogP contribution in [0.15, 0.2) is 18.2 Å². The molecule has 0 saturated carbocycles. The molecule has 3 heteroatoms. The van der Waals surface area contributed by atoms with E-state index in [4.69, 9.17) is 22.1 Å². The number of fused-ring (bicyclic) bond motifs is 1. The summed E-state index contributed by atoms with van der Waals surface area (Å²) in [5, 5.41) is 0.647. The van der Waals surface area contributed by atoms with Crippen LogP contribution in [0.4, 0.5) is 0 Å². The Kier molecular flexibility index (Phi) is 1.97. The zero-order chi connectivity index (χ0) is 9.47. The number of aryl methyl sites for hydroxylation is 1. The van der Waals surface area contributed by atoms with Crippen LogP contribution in [-0.2, 0) is 6.42 Å². The second kappa shape index (κ2) is 2.89. The fourth-order valence-corrected chi connectivity index (χ4v) is 1.76. The predicted molar refractivity (Wildman–Crippen MR) is 53.0 cm³/mol. The maximum Gasteiger partial charge on any atom is 0.156 e. The first-order valence-corrected chi connectivity index (χ1v) is 4.71. The molecule has 1 unspecified atom stereocenters. The van der Waals surface area contributed by atoms with E-state index >= 15 is 0 Å². The highest BCUT2D eigenvalue weighted by Gasteiger charge is 2.28. The van der Waals surface area contributed by atoms with Crippen LogP contribution in [0.2, 0.25) is 5.02 Å². The third-order valence-electron chi connectivity index (χ3n) is 2.27. The van der Waals surface area contributed by atoms with Gasteiger partial charge in [0.05, 0.1) is 5.02 Å². The molecule has 2 rings (SSSR count). The van der Waals surface area contributed by atoms with Crippen molar-refractivity contribution in [3.05, 3.63) is 28.8 Å². The zero-order valence-corrected chi connectivity index (χ0v) is 8.27. The topological polar surface area (TPSA) is 35.2 Å². The maximum atomic E-state index is 5.99. The second-order valence-electron chi connectivity index (χ2n) is 3.64. The number of ether oxygens (including phenoxy) is 1. The van der Waals surface area contributed by atoms with Crippen LogP contribution in [0, 0.1) is 0 Å². The van der Waals surface area contributed by atoms with Crippen molar-refractivity contribution in [1.29, 1.82) is 0 Å². The molecular formula is C10H12ClNO. The summed E-state index contributed by atoms with van der Waals surface area (Å²) in [6.45, 7) is 1.87. The molecule has 1 aliphatic heterocycles. The van der Waals surface area contributed by atoms with Gasteiger partial charge in [0.25, 0.3) is 0 Å². The van der Waals surface area contributed by atoms with Gasteiger partial charge in [-0.1, -0.05) is 23.7 Å². The Balaban J connectivity index is 2.44. The van der Waals surface area contributed by atoms with Gasteiger partial charge in [-0.25, -0.2) is 0 Å². The van der Waals surface area contributed by atoms with Crippen molar-refractivity contribution in [3.63, 3.8) is 0 Å². The fraction of sp³-hybridized carbons (Fsp3) is 0.400. The molecule has 0 amide bonds. The summed E-state index contributed by atoms with van der Waals surface area (Å²) in [5.74, 6) is 0.750. The van der Waals surface area contributed by atoms with Crippen LogP contribution in [0.5, 0.6) is 5.75 Å². The Morgan fingerprint density at radius 1 is 1.54 bits per heavy atom. The molecule has 0 fully saturated rings. The van der Waals surface area contributed by atoms with Crippen molar-refractivity contribution in [2.75, 3.05) is 0 Å². The van der Waals surface area contributed by atoms with E-state index in [1.807, 2.05) is 25.1 Å². The van der Waals surface area contributed by atoms with Gasteiger partial charge in [-0.2, -0.15) is 0 Å². The highest BCUT2D eigenvalue weighted by molar-refractivity contribution is 6.32. The molecule has 1 aromatic rings. The Bertz CT molecular complexity index is 336. The SMILES string of the molecule is CC1(N)CCc2cccc(Cl)c2O1. The largest absolute Gasteiger partial charge is 0.471 e. The molecule has 1 atom stereocenters. The lowest BCUT2D eigenvalue weighted by Crippen LogP contribution is -2.45. The van der Waals surface area contributed by atoms with Gasteiger partial charge in [0.2, 0.25) is 0 Å². The first kappa shape index (κ1) is 8.85. The van der Waals surface area contributed by atoms with E-state index in [0.717, 1.165) is 24.2 Å². The van der Waals surface area contributed by atoms with Crippen molar-refractivity contribution in [2.45, 2.75) is 25.5 Å². The molecule has 1 heterocycles. The molecule has 1 aromatic carbocycles. The molecule has 2 N–H and O–H groups in total. The summed E-state index contributed by atoms with van der Waals surface area (Å²) in [7, 11) is 0. The monoisotopic (exact) mass is 197 g/mol. The summed E-state index contributed by atoms with van der Waals surface area (Å²) >= 11 is 5.99. The lowest BCUT2D eigenvalue weighted by molar-refractivity contribution is 0.0721. The third kappa shape index (κ3) is 1.64. The van der Waals surface area contributed by atoms with Crippen molar-refractivity contribution in [3.8, 4) is 5.75 Å². The van der Waals surface area contributed by atoms with Crippen LogP contribution >= 0.6 is 11.6 Å². The van der Waals surface area contributed by atoms with E-state index in [1.54, 1.807) is 0 Å². The standard InChI is InChI=1S/C10H12ClNO/c1-10(12)6-5-7-3-2-4-8(11)9(7)13-10/h2-4H,5-6,12H2,1H3. The summed E-state index contributed by atoms with van der Waals surface area (Å²) in [4.78, 5) is 0. The molecular weight excluding hydrogens is 186 g/mol. The fourth-order valence-electron chi connectivity index (χ4n) is 1.53. The molecule has 0 aliphatic carbocycles. The van der Waals surface area contributed by atoms with Gasteiger partial charge in [0.1, 0.15) is 5.75 Å². The molecule has 70 valence electrons. The first-order chi connectivity index (χ1) is 6.08. The Morgan fingerprint density at radius 2 is 2.31 bits per heavy atom. The van der Waals surface area contributed by atoms with Crippen LogP contribution in [0.25, 0.3) is 0 Å². The van der Waals surface area contributed by atoms with E-state index in [-0.39, 0.29) is 0 Å². The van der Waals surface area contributed by atoms with E-state index in [0.29, 0.717) is 5.02 Å². The molecule has 0 radical (unpaired) electrons. The quantitative estimate of drug-likeness (QED) is 0.693. The summed E-state index contributed by atoms with van der Waals surface area (Å²) < 4.78 is 5.60.